The van der Waals surface area contributed by atoms with Crippen molar-refractivity contribution in [2.24, 2.45) is 5.10 Å². The average Bonchev–Trinajstić information content (AvgIpc) is 3.31. The number of thioether (sulfide) groups is 1. The number of hydrazone groups is 1. The molecule has 170 valence electrons. The van der Waals surface area contributed by atoms with Crippen molar-refractivity contribution in [3.8, 4) is 17.1 Å². The number of non-ortho nitro benzene ring substituents is 1. The second kappa shape index (κ2) is 10.4. The molecule has 0 radical (unpaired) electrons. The normalized spacial score (nSPS) is 11.1. The van der Waals surface area contributed by atoms with E-state index in [1.165, 1.54) is 31.4 Å². The number of nitrogens with zero attached hydrogens (tertiary/aromatic N) is 5. The van der Waals surface area contributed by atoms with E-state index < -0.39 is 10.9 Å². The Bertz CT molecular complexity index is 1320. The minimum atomic E-state index is -0.678. The van der Waals surface area contributed by atoms with Crippen LogP contribution in [0.2, 0.25) is 0 Å². The molecule has 0 saturated heterocycles. The lowest BCUT2D eigenvalue weighted by atomic mass is 10.2. The Morgan fingerprint density at radius 2 is 1.65 bits per heavy atom. The first kappa shape index (κ1) is 22.7. The van der Waals surface area contributed by atoms with E-state index in [9.17, 15) is 14.9 Å². The maximum atomic E-state index is 12.4. The summed E-state index contributed by atoms with van der Waals surface area (Å²) in [6.45, 7) is 0. The lowest BCUT2D eigenvalue weighted by molar-refractivity contribution is -0.384. The van der Waals surface area contributed by atoms with E-state index in [-0.39, 0.29) is 10.7 Å². The second-order valence-electron chi connectivity index (χ2n) is 6.77. The minimum absolute atomic E-state index is 0.0231. The van der Waals surface area contributed by atoms with Crippen LogP contribution in [0.4, 0.5) is 11.4 Å². The fourth-order valence-corrected chi connectivity index (χ4v) is 3.77. The number of carbonyl (C=O) groups is 1. The molecule has 1 aromatic heterocycles. The van der Waals surface area contributed by atoms with Gasteiger partial charge in [-0.05, 0) is 36.0 Å². The van der Waals surface area contributed by atoms with Crippen LogP contribution < -0.4 is 5.43 Å². The lowest BCUT2D eigenvalue weighted by Gasteiger charge is -2.11. The highest BCUT2D eigenvalue weighted by Crippen LogP contribution is 2.29. The van der Waals surface area contributed by atoms with E-state index in [2.05, 4.69) is 20.7 Å². The third-order valence-electron chi connectivity index (χ3n) is 4.59. The molecule has 0 bridgehead atoms. The Morgan fingerprint density at radius 3 is 2.26 bits per heavy atom. The molecule has 0 atom stereocenters. The van der Waals surface area contributed by atoms with Crippen molar-refractivity contribution < 1.29 is 14.5 Å². The molecular formula is C23H18N6O4S. The minimum Gasteiger partial charge on any atom is -0.464 e. The quantitative estimate of drug-likeness (QED) is 0.108. The number of methoxy groups -OCH3 is 1. The van der Waals surface area contributed by atoms with Gasteiger partial charge < -0.3 is 4.74 Å². The van der Waals surface area contributed by atoms with Crippen molar-refractivity contribution in [1.82, 2.24) is 14.8 Å². The molecule has 1 heterocycles. The Morgan fingerprint density at radius 1 is 1.00 bits per heavy atom. The first-order valence-corrected chi connectivity index (χ1v) is 10.8. The largest absolute Gasteiger partial charge is 0.464 e. The zero-order valence-corrected chi connectivity index (χ0v) is 18.7. The number of nitro benzene ring substituents is 1. The predicted octanol–water partition coefficient (Wildman–Crippen LogP) is 4.53. The first-order valence-electron chi connectivity index (χ1n) is 9.97. The van der Waals surface area contributed by atoms with Crippen LogP contribution in [-0.2, 0) is 9.53 Å². The van der Waals surface area contributed by atoms with Gasteiger partial charge in [0.05, 0.1) is 17.7 Å². The van der Waals surface area contributed by atoms with Gasteiger partial charge in [0.25, 0.3) is 5.69 Å². The van der Waals surface area contributed by atoms with E-state index in [4.69, 9.17) is 4.74 Å². The number of esters is 1. The number of nitrogens with one attached hydrogen (secondary N) is 1. The monoisotopic (exact) mass is 474 g/mol. The van der Waals surface area contributed by atoms with Gasteiger partial charge in [-0.2, -0.15) is 5.10 Å². The van der Waals surface area contributed by atoms with Gasteiger partial charge in [0, 0.05) is 23.4 Å². The van der Waals surface area contributed by atoms with E-state index in [0.29, 0.717) is 16.7 Å². The molecule has 0 aliphatic heterocycles. The molecule has 0 unspecified atom stereocenters. The summed E-state index contributed by atoms with van der Waals surface area (Å²) in [5.74, 6) is -0.0786. The number of anilines is 1. The second-order valence-corrected chi connectivity index (χ2v) is 7.73. The molecule has 4 aromatic rings. The van der Waals surface area contributed by atoms with Crippen molar-refractivity contribution in [3.63, 3.8) is 0 Å². The van der Waals surface area contributed by atoms with E-state index >= 15 is 0 Å². The Labute approximate surface area is 198 Å². The average molecular weight is 475 g/mol. The van der Waals surface area contributed by atoms with Crippen LogP contribution in [0.5, 0.6) is 0 Å². The van der Waals surface area contributed by atoms with Crippen LogP contribution in [0.25, 0.3) is 17.1 Å². The molecule has 0 aliphatic rings. The highest BCUT2D eigenvalue weighted by molar-refractivity contribution is 8.15. The van der Waals surface area contributed by atoms with Gasteiger partial charge in [0.1, 0.15) is 0 Å². The summed E-state index contributed by atoms with van der Waals surface area (Å²) in [6, 6.07) is 24.7. The van der Waals surface area contributed by atoms with Gasteiger partial charge in [-0.25, -0.2) is 4.79 Å². The predicted molar refractivity (Wildman–Crippen MR) is 129 cm³/mol. The van der Waals surface area contributed by atoms with Crippen LogP contribution in [0.15, 0.2) is 95.2 Å². The number of hydrogen-bond donors (Lipinski definition) is 1. The van der Waals surface area contributed by atoms with Crippen LogP contribution in [0.1, 0.15) is 0 Å². The highest BCUT2D eigenvalue weighted by Gasteiger charge is 2.22. The van der Waals surface area contributed by atoms with Crippen molar-refractivity contribution in [1.29, 1.82) is 0 Å². The Kier molecular flexibility index (Phi) is 6.94. The van der Waals surface area contributed by atoms with E-state index in [1.807, 2.05) is 65.2 Å². The number of ether oxygens (including phenoxy) is 1. The molecule has 10 nitrogen and oxygen atoms in total. The molecule has 0 spiro atoms. The topological polar surface area (TPSA) is 125 Å². The van der Waals surface area contributed by atoms with Crippen LogP contribution in [-0.4, -0.2) is 37.8 Å². The standard InChI is InChI=1S/C23H18N6O4S/c1-33-22(30)21(26-24-17-12-14-19(15-13-17)29(31)32)34-23-27-25-20(16-8-4-2-5-9-16)28(23)18-10-6-3-7-11-18/h2-15,24H,1H3. The summed E-state index contributed by atoms with van der Waals surface area (Å²) in [6.07, 6.45) is 0. The summed E-state index contributed by atoms with van der Waals surface area (Å²) >= 11 is 0.980. The van der Waals surface area contributed by atoms with Crippen molar-refractivity contribution >= 4 is 34.1 Å². The molecule has 1 N–H and O–H groups in total. The zero-order valence-electron chi connectivity index (χ0n) is 17.9. The summed E-state index contributed by atoms with van der Waals surface area (Å²) < 4.78 is 6.71. The molecule has 0 aliphatic carbocycles. The SMILES string of the molecule is COC(=O)C(=NNc1ccc([N+](=O)[O-])cc1)Sc1nnc(-c2ccccc2)n1-c1ccccc1. The van der Waals surface area contributed by atoms with Crippen molar-refractivity contribution in [2.75, 3.05) is 12.5 Å². The number of rotatable bonds is 6. The number of hydrogen-bond acceptors (Lipinski definition) is 9. The lowest BCUT2D eigenvalue weighted by Crippen LogP contribution is -2.15. The van der Waals surface area contributed by atoms with Crippen molar-refractivity contribution in [3.05, 3.63) is 95.0 Å². The summed E-state index contributed by atoms with van der Waals surface area (Å²) in [5, 5.41) is 24.0. The third-order valence-corrected chi connectivity index (χ3v) is 5.49. The molecular weight excluding hydrogens is 456 g/mol. The molecule has 11 heteroatoms. The molecule has 3 aromatic carbocycles. The number of para-hydroxylation sites is 1. The van der Waals surface area contributed by atoms with Gasteiger partial charge in [-0.1, -0.05) is 48.5 Å². The molecule has 0 amide bonds. The van der Waals surface area contributed by atoms with Crippen molar-refractivity contribution in [2.45, 2.75) is 5.16 Å². The number of carbonyl (C=O) groups excluding carboxylic acids is 1. The summed E-state index contributed by atoms with van der Waals surface area (Å²) in [5.41, 5.74) is 4.80. The molecule has 0 fully saturated rings. The van der Waals surface area contributed by atoms with Gasteiger partial charge in [-0.15, -0.1) is 10.2 Å². The number of nitro groups is 1. The molecule has 0 saturated carbocycles. The van der Waals surface area contributed by atoms with Gasteiger partial charge in [0.2, 0.25) is 10.2 Å². The maximum Gasteiger partial charge on any atom is 0.365 e. The fraction of sp³-hybridized carbons (Fsp3) is 0.0435. The number of benzene rings is 3. The van der Waals surface area contributed by atoms with Crippen LogP contribution in [0.3, 0.4) is 0 Å². The summed E-state index contributed by atoms with van der Waals surface area (Å²) in [4.78, 5) is 22.8. The summed E-state index contributed by atoms with van der Waals surface area (Å²) in [7, 11) is 1.25. The van der Waals surface area contributed by atoms with E-state index in [0.717, 1.165) is 23.0 Å². The first-order chi connectivity index (χ1) is 16.6. The Balaban J connectivity index is 1.69. The highest BCUT2D eigenvalue weighted by atomic mass is 32.2. The van der Waals surface area contributed by atoms with E-state index in [1.54, 1.807) is 0 Å². The fourth-order valence-electron chi connectivity index (χ4n) is 2.98. The van der Waals surface area contributed by atoms with Gasteiger partial charge >= 0.3 is 5.97 Å². The van der Waals surface area contributed by atoms with Gasteiger partial charge in [-0.3, -0.25) is 20.1 Å². The maximum absolute atomic E-state index is 12.4. The smallest absolute Gasteiger partial charge is 0.365 e. The zero-order chi connectivity index (χ0) is 23.9. The Hall–Kier alpha value is -4.51. The molecule has 34 heavy (non-hydrogen) atoms. The molecule has 4 rings (SSSR count). The van der Waals surface area contributed by atoms with Crippen LogP contribution >= 0.6 is 11.8 Å². The van der Waals surface area contributed by atoms with Crippen LogP contribution in [0, 0.1) is 10.1 Å². The number of aromatic nitrogens is 3. The van der Waals surface area contributed by atoms with Gasteiger partial charge in [0.15, 0.2) is 5.82 Å². The third kappa shape index (κ3) is 5.10.